The van der Waals surface area contributed by atoms with Crippen LogP contribution in [0.5, 0.6) is 0 Å². The van der Waals surface area contributed by atoms with E-state index in [1.807, 2.05) is 24.4 Å². The van der Waals surface area contributed by atoms with Crippen molar-refractivity contribution in [3.8, 4) is 0 Å². The van der Waals surface area contributed by atoms with Gasteiger partial charge in [0.05, 0.1) is 11.4 Å². The van der Waals surface area contributed by atoms with E-state index >= 15 is 0 Å². The van der Waals surface area contributed by atoms with Gasteiger partial charge in [0, 0.05) is 25.7 Å². The van der Waals surface area contributed by atoms with Crippen molar-refractivity contribution in [2.45, 2.75) is 39.3 Å². The maximum atomic E-state index is 6.19. The summed E-state index contributed by atoms with van der Waals surface area (Å²) in [5.41, 5.74) is 2.04. The van der Waals surface area contributed by atoms with Gasteiger partial charge in [0.1, 0.15) is 5.82 Å². The van der Waals surface area contributed by atoms with Gasteiger partial charge >= 0.3 is 0 Å². The molecule has 0 unspecified atom stereocenters. The zero-order valence-electron chi connectivity index (χ0n) is 12.1. The van der Waals surface area contributed by atoms with E-state index in [1.54, 1.807) is 0 Å². The molecule has 0 atom stereocenters. The van der Waals surface area contributed by atoms with Gasteiger partial charge in [0.2, 0.25) is 0 Å². The van der Waals surface area contributed by atoms with Crippen LogP contribution in [0.1, 0.15) is 37.0 Å². The van der Waals surface area contributed by atoms with E-state index in [2.05, 4.69) is 33.8 Å². The highest BCUT2D eigenvalue weighted by atomic mass is 35.5. The Balaban J connectivity index is 1.93. The van der Waals surface area contributed by atoms with Crippen molar-refractivity contribution in [3.63, 3.8) is 0 Å². The fourth-order valence-corrected chi connectivity index (χ4v) is 2.31. The third-order valence-electron chi connectivity index (χ3n) is 3.13. The molecule has 0 fully saturated rings. The average molecular weight is 293 g/mol. The maximum Gasteiger partial charge on any atom is 0.151 e. The van der Waals surface area contributed by atoms with Crippen LogP contribution in [0, 0.1) is 0 Å². The van der Waals surface area contributed by atoms with E-state index in [9.17, 15) is 0 Å². The SMILES string of the molecule is CCCCc1nc(Cl)c(CN(C)Cc2ccccn2)[nH]1. The first-order valence-electron chi connectivity index (χ1n) is 7.00. The van der Waals surface area contributed by atoms with Gasteiger partial charge in [-0.2, -0.15) is 0 Å². The highest BCUT2D eigenvalue weighted by Crippen LogP contribution is 2.16. The molecule has 0 saturated heterocycles. The summed E-state index contributed by atoms with van der Waals surface area (Å²) in [6.45, 7) is 3.71. The van der Waals surface area contributed by atoms with Crippen LogP contribution in [-0.4, -0.2) is 26.9 Å². The van der Waals surface area contributed by atoms with Gasteiger partial charge in [-0.15, -0.1) is 0 Å². The molecule has 0 bridgehead atoms. The Hall–Kier alpha value is -1.39. The summed E-state index contributed by atoms with van der Waals surface area (Å²) < 4.78 is 0. The first-order chi connectivity index (χ1) is 9.69. The van der Waals surface area contributed by atoms with Crippen molar-refractivity contribution in [2.75, 3.05) is 7.05 Å². The maximum absolute atomic E-state index is 6.19. The number of hydrogen-bond acceptors (Lipinski definition) is 3. The van der Waals surface area contributed by atoms with Gasteiger partial charge in [-0.25, -0.2) is 4.98 Å². The van der Waals surface area contributed by atoms with Crippen molar-refractivity contribution in [2.24, 2.45) is 0 Å². The van der Waals surface area contributed by atoms with Gasteiger partial charge in [-0.05, 0) is 25.6 Å². The van der Waals surface area contributed by atoms with Crippen LogP contribution in [0.2, 0.25) is 5.15 Å². The fourth-order valence-electron chi connectivity index (χ4n) is 2.10. The third kappa shape index (κ3) is 4.32. The van der Waals surface area contributed by atoms with Crippen molar-refractivity contribution in [1.82, 2.24) is 19.9 Å². The topological polar surface area (TPSA) is 44.8 Å². The average Bonchev–Trinajstić information content (AvgIpc) is 2.78. The largest absolute Gasteiger partial charge is 0.344 e. The van der Waals surface area contributed by atoms with E-state index in [-0.39, 0.29) is 0 Å². The van der Waals surface area contributed by atoms with Gasteiger partial charge < -0.3 is 4.98 Å². The van der Waals surface area contributed by atoms with Crippen molar-refractivity contribution in [1.29, 1.82) is 0 Å². The summed E-state index contributed by atoms with van der Waals surface area (Å²) in [5.74, 6) is 0.984. The minimum atomic E-state index is 0.587. The van der Waals surface area contributed by atoms with E-state index < -0.39 is 0 Å². The molecule has 4 nitrogen and oxygen atoms in total. The van der Waals surface area contributed by atoms with Crippen LogP contribution in [0.4, 0.5) is 0 Å². The second-order valence-corrected chi connectivity index (χ2v) is 5.41. The minimum absolute atomic E-state index is 0.587. The summed E-state index contributed by atoms with van der Waals surface area (Å²) in [6, 6.07) is 5.95. The monoisotopic (exact) mass is 292 g/mol. The van der Waals surface area contributed by atoms with Crippen LogP contribution >= 0.6 is 11.6 Å². The van der Waals surface area contributed by atoms with Gasteiger partial charge in [0.25, 0.3) is 0 Å². The molecule has 0 amide bonds. The number of nitrogens with one attached hydrogen (secondary N) is 1. The number of unbranched alkanes of at least 4 members (excludes halogenated alkanes) is 1. The number of aryl methyl sites for hydroxylation is 1. The Morgan fingerprint density at radius 3 is 2.85 bits per heavy atom. The molecule has 0 aromatic carbocycles. The normalized spacial score (nSPS) is 11.2. The highest BCUT2D eigenvalue weighted by Gasteiger charge is 2.10. The van der Waals surface area contributed by atoms with Crippen LogP contribution in [0.3, 0.4) is 0 Å². The van der Waals surface area contributed by atoms with E-state index in [0.29, 0.717) is 5.15 Å². The smallest absolute Gasteiger partial charge is 0.151 e. The lowest BCUT2D eigenvalue weighted by Crippen LogP contribution is -2.18. The molecule has 0 aliphatic heterocycles. The van der Waals surface area contributed by atoms with Crippen LogP contribution in [-0.2, 0) is 19.5 Å². The Morgan fingerprint density at radius 2 is 2.15 bits per heavy atom. The molecule has 0 aliphatic carbocycles. The van der Waals surface area contributed by atoms with Gasteiger partial charge in [0.15, 0.2) is 5.15 Å². The number of imidazole rings is 1. The van der Waals surface area contributed by atoms with Crippen molar-refractivity contribution in [3.05, 3.63) is 46.8 Å². The molecule has 2 heterocycles. The number of H-pyrrole nitrogens is 1. The summed E-state index contributed by atoms with van der Waals surface area (Å²) in [4.78, 5) is 14.2. The number of aromatic nitrogens is 3. The highest BCUT2D eigenvalue weighted by molar-refractivity contribution is 6.30. The molecule has 5 heteroatoms. The van der Waals surface area contributed by atoms with E-state index in [0.717, 1.165) is 49.6 Å². The zero-order chi connectivity index (χ0) is 14.4. The first-order valence-corrected chi connectivity index (χ1v) is 7.38. The quantitative estimate of drug-likeness (QED) is 0.850. The lowest BCUT2D eigenvalue weighted by Gasteiger charge is -2.15. The summed E-state index contributed by atoms with van der Waals surface area (Å²) in [6.07, 6.45) is 5.07. The molecule has 0 saturated carbocycles. The summed E-state index contributed by atoms with van der Waals surface area (Å²) in [7, 11) is 2.05. The standard InChI is InChI=1S/C15H21ClN4/c1-3-4-8-14-18-13(15(16)19-14)11-20(2)10-12-7-5-6-9-17-12/h5-7,9H,3-4,8,10-11H2,1-2H3,(H,18,19). The molecule has 2 rings (SSSR count). The lowest BCUT2D eigenvalue weighted by atomic mass is 10.2. The van der Waals surface area contributed by atoms with Gasteiger partial charge in [-0.3, -0.25) is 9.88 Å². The molecule has 0 spiro atoms. The first kappa shape index (κ1) is 15.0. The minimum Gasteiger partial charge on any atom is -0.344 e. The molecule has 2 aromatic rings. The Morgan fingerprint density at radius 1 is 1.30 bits per heavy atom. The predicted molar refractivity (Wildman–Crippen MR) is 81.6 cm³/mol. The molecule has 2 aromatic heterocycles. The number of pyridine rings is 1. The van der Waals surface area contributed by atoms with Crippen molar-refractivity contribution < 1.29 is 0 Å². The van der Waals surface area contributed by atoms with Crippen molar-refractivity contribution >= 4 is 11.6 Å². The molecule has 20 heavy (non-hydrogen) atoms. The van der Waals surface area contributed by atoms with Crippen LogP contribution in [0.25, 0.3) is 0 Å². The van der Waals surface area contributed by atoms with E-state index in [1.165, 1.54) is 0 Å². The second kappa shape index (κ2) is 7.41. The molecular weight excluding hydrogens is 272 g/mol. The predicted octanol–water partition coefficient (Wildman–Crippen LogP) is 3.43. The zero-order valence-corrected chi connectivity index (χ0v) is 12.8. The molecular formula is C15H21ClN4. The number of hydrogen-bond donors (Lipinski definition) is 1. The van der Waals surface area contributed by atoms with Crippen LogP contribution < -0.4 is 0 Å². The molecule has 0 radical (unpaired) electrons. The van der Waals surface area contributed by atoms with Crippen LogP contribution in [0.15, 0.2) is 24.4 Å². The number of rotatable bonds is 7. The Bertz CT molecular complexity index is 524. The van der Waals surface area contributed by atoms with Gasteiger partial charge in [-0.1, -0.05) is 31.0 Å². The Labute approximate surface area is 125 Å². The molecule has 0 aliphatic rings. The fraction of sp³-hybridized carbons (Fsp3) is 0.467. The lowest BCUT2D eigenvalue weighted by molar-refractivity contribution is 0.311. The number of halogens is 1. The van der Waals surface area contributed by atoms with E-state index in [4.69, 9.17) is 11.6 Å². The number of nitrogens with zero attached hydrogens (tertiary/aromatic N) is 3. The summed E-state index contributed by atoms with van der Waals surface area (Å²) >= 11 is 6.19. The summed E-state index contributed by atoms with van der Waals surface area (Å²) in [5, 5.41) is 0.587. The second-order valence-electron chi connectivity index (χ2n) is 5.05. The third-order valence-corrected chi connectivity index (χ3v) is 3.44. The molecule has 108 valence electrons. The Kier molecular flexibility index (Phi) is 5.56. The number of aromatic amines is 1. The molecule has 1 N–H and O–H groups in total.